The molecule has 3 heterocycles. The molecule has 0 amide bonds. The zero-order valence-electron chi connectivity index (χ0n) is 22.5. The number of aryl methyl sites for hydroxylation is 1. The summed E-state index contributed by atoms with van der Waals surface area (Å²) in [6.45, 7) is 11.5. The van der Waals surface area contributed by atoms with E-state index in [0.29, 0.717) is 60.3 Å². The Hall–Kier alpha value is -3.44. The molecule has 38 heavy (non-hydrogen) atoms. The van der Waals surface area contributed by atoms with Crippen molar-refractivity contribution in [3.63, 3.8) is 0 Å². The number of nitrogens with zero attached hydrogens (tertiary/aromatic N) is 4. The molecule has 0 radical (unpaired) electrons. The van der Waals surface area contributed by atoms with Gasteiger partial charge in [0, 0.05) is 31.7 Å². The lowest BCUT2D eigenvalue weighted by molar-refractivity contribution is 0.445. The SMILES string of the molecule is CCCCn1c(=O)[nH]c(=O)c2c1nc(-c1ccc(-c3ccc(S(=O)(=O)N(CC)CC)cc3)o1)n2CC(C)C. The van der Waals surface area contributed by atoms with Gasteiger partial charge in [-0.25, -0.2) is 18.2 Å². The van der Waals surface area contributed by atoms with Crippen molar-refractivity contribution in [2.24, 2.45) is 5.92 Å². The maximum absolute atomic E-state index is 12.9. The van der Waals surface area contributed by atoms with Gasteiger partial charge in [0.1, 0.15) is 5.76 Å². The Morgan fingerprint density at radius 2 is 1.63 bits per heavy atom. The van der Waals surface area contributed by atoms with Crippen LogP contribution in [0.4, 0.5) is 0 Å². The topological polar surface area (TPSA) is 123 Å². The molecule has 0 bridgehead atoms. The Balaban J connectivity index is 1.79. The highest BCUT2D eigenvalue weighted by molar-refractivity contribution is 7.89. The highest BCUT2D eigenvalue weighted by atomic mass is 32.2. The van der Waals surface area contributed by atoms with Gasteiger partial charge in [0.15, 0.2) is 22.7 Å². The quantitative estimate of drug-likeness (QED) is 0.302. The number of imidazole rings is 1. The van der Waals surface area contributed by atoms with E-state index in [0.717, 1.165) is 12.8 Å². The van der Waals surface area contributed by atoms with Gasteiger partial charge in [-0.15, -0.1) is 0 Å². The summed E-state index contributed by atoms with van der Waals surface area (Å²) in [7, 11) is -3.56. The summed E-state index contributed by atoms with van der Waals surface area (Å²) in [6, 6.07) is 10.1. The van der Waals surface area contributed by atoms with Crippen LogP contribution in [0.25, 0.3) is 34.1 Å². The number of hydrogen-bond donors (Lipinski definition) is 1. The van der Waals surface area contributed by atoms with Crippen LogP contribution in [0.3, 0.4) is 0 Å². The van der Waals surface area contributed by atoms with Crippen LogP contribution in [-0.2, 0) is 23.1 Å². The number of fused-ring (bicyclic) bond motifs is 1. The predicted octanol–water partition coefficient (Wildman–Crippen LogP) is 4.30. The fourth-order valence-corrected chi connectivity index (χ4v) is 6.00. The third-order valence-electron chi connectivity index (χ3n) is 6.48. The molecule has 0 aliphatic heterocycles. The van der Waals surface area contributed by atoms with E-state index in [4.69, 9.17) is 9.40 Å². The summed E-state index contributed by atoms with van der Waals surface area (Å²) < 4.78 is 36.6. The van der Waals surface area contributed by atoms with Gasteiger partial charge in [-0.1, -0.05) is 41.0 Å². The summed E-state index contributed by atoms with van der Waals surface area (Å²) in [5.41, 5.74) is 0.435. The van der Waals surface area contributed by atoms with E-state index in [2.05, 4.69) is 4.98 Å². The molecule has 11 heteroatoms. The second-order valence-corrected chi connectivity index (χ2v) is 11.6. The molecule has 3 aromatic heterocycles. The molecule has 1 N–H and O–H groups in total. The van der Waals surface area contributed by atoms with Crippen molar-refractivity contribution in [3.8, 4) is 22.9 Å². The smallest absolute Gasteiger partial charge is 0.330 e. The molecule has 0 aliphatic carbocycles. The van der Waals surface area contributed by atoms with Crippen molar-refractivity contribution in [2.75, 3.05) is 13.1 Å². The summed E-state index contributed by atoms with van der Waals surface area (Å²) in [4.78, 5) is 32.9. The van der Waals surface area contributed by atoms with Gasteiger partial charge in [0.05, 0.1) is 4.90 Å². The Bertz CT molecular complexity index is 1640. The lowest BCUT2D eigenvalue weighted by Gasteiger charge is -2.18. The minimum atomic E-state index is -3.56. The molecule has 0 atom stereocenters. The van der Waals surface area contributed by atoms with Gasteiger partial charge in [-0.3, -0.25) is 14.3 Å². The number of benzene rings is 1. The van der Waals surface area contributed by atoms with E-state index in [1.165, 1.54) is 8.87 Å². The Morgan fingerprint density at radius 1 is 0.974 bits per heavy atom. The number of unbranched alkanes of at least 4 members (excludes halogenated alkanes) is 1. The summed E-state index contributed by atoms with van der Waals surface area (Å²) >= 11 is 0. The number of H-pyrrole nitrogens is 1. The third-order valence-corrected chi connectivity index (χ3v) is 8.54. The van der Waals surface area contributed by atoms with Crippen LogP contribution < -0.4 is 11.2 Å². The lowest BCUT2D eigenvalue weighted by Crippen LogP contribution is -2.31. The molecule has 10 nitrogen and oxygen atoms in total. The first-order valence-electron chi connectivity index (χ1n) is 13.1. The van der Waals surface area contributed by atoms with Crippen LogP contribution in [0.1, 0.15) is 47.5 Å². The van der Waals surface area contributed by atoms with Crippen molar-refractivity contribution < 1.29 is 12.8 Å². The molecule has 0 unspecified atom stereocenters. The highest BCUT2D eigenvalue weighted by Crippen LogP contribution is 2.31. The van der Waals surface area contributed by atoms with E-state index in [9.17, 15) is 18.0 Å². The van der Waals surface area contributed by atoms with Gasteiger partial charge in [0.25, 0.3) is 5.56 Å². The monoisotopic (exact) mass is 541 g/mol. The number of hydrogen-bond acceptors (Lipinski definition) is 6. The maximum atomic E-state index is 12.9. The fourth-order valence-electron chi connectivity index (χ4n) is 4.54. The molecule has 0 aliphatic rings. The van der Waals surface area contributed by atoms with Crippen molar-refractivity contribution >= 4 is 21.2 Å². The van der Waals surface area contributed by atoms with E-state index in [-0.39, 0.29) is 10.8 Å². The maximum Gasteiger partial charge on any atom is 0.330 e. The zero-order valence-corrected chi connectivity index (χ0v) is 23.3. The van der Waals surface area contributed by atoms with Crippen molar-refractivity contribution in [1.29, 1.82) is 0 Å². The number of aromatic amines is 1. The second kappa shape index (κ2) is 11.1. The summed E-state index contributed by atoms with van der Waals surface area (Å²) in [6.07, 6.45) is 1.67. The van der Waals surface area contributed by atoms with Crippen molar-refractivity contribution in [2.45, 2.75) is 65.4 Å². The molecular weight excluding hydrogens is 506 g/mol. The molecule has 0 saturated carbocycles. The number of furan rings is 1. The zero-order chi connectivity index (χ0) is 27.6. The van der Waals surface area contributed by atoms with Gasteiger partial charge < -0.3 is 8.98 Å². The molecule has 4 rings (SSSR count). The first kappa shape index (κ1) is 27.6. The van der Waals surface area contributed by atoms with Crippen LogP contribution >= 0.6 is 0 Å². The van der Waals surface area contributed by atoms with Gasteiger partial charge in [-0.05, 0) is 48.7 Å². The number of aromatic nitrogens is 4. The number of sulfonamides is 1. The van der Waals surface area contributed by atoms with Crippen LogP contribution in [0.2, 0.25) is 0 Å². The second-order valence-electron chi connectivity index (χ2n) is 9.65. The molecular formula is C27H35N5O5S. The van der Waals surface area contributed by atoms with Crippen LogP contribution in [0.15, 0.2) is 55.3 Å². The molecule has 1 aromatic carbocycles. The van der Waals surface area contributed by atoms with Crippen LogP contribution in [0, 0.1) is 5.92 Å². The van der Waals surface area contributed by atoms with E-state index >= 15 is 0 Å². The minimum Gasteiger partial charge on any atom is -0.453 e. The molecule has 0 fully saturated rings. The first-order valence-corrected chi connectivity index (χ1v) is 14.5. The average molecular weight is 542 g/mol. The summed E-state index contributed by atoms with van der Waals surface area (Å²) in [5, 5.41) is 0. The van der Waals surface area contributed by atoms with Gasteiger partial charge in [0.2, 0.25) is 10.0 Å². The van der Waals surface area contributed by atoms with E-state index in [1.807, 2.05) is 39.2 Å². The molecule has 0 spiro atoms. The number of nitrogens with one attached hydrogen (secondary N) is 1. The molecule has 4 aromatic rings. The fraction of sp³-hybridized carbons (Fsp3) is 0.444. The summed E-state index contributed by atoms with van der Waals surface area (Å²) in [5.74, 6) is 1.65. The van der Waals surface area contributed by atoms with Gasteiger partial charge >= 0.3 is 5.69 Å². The Kier molecular flexibility index (Phi) is 8.08. The predicted molar refractivity (Wildman–Crippen MR) is 148 cm³/mol. The lowest BCUT2D eigenvalue weighted by atomic mass is 10.2. The van der Waals surface area contributed by atoms with Crippen LogP contribution in [0.5, 0.6) is 0 Å². The van der Waals surface area contributed by atoms with Crippen molar-refractivity contribution in [3.05, 3.63) is 57.2 Å². The molecule has 0 saturated heterocycles. The normalized spacial score (nSPS) is 12.3. The largest absolute Gasteiger partial charge is 0.453 e. The van der Waals surface area contributed by atoms with E-state index < -0.39 is 21.3 Å². The van der Waals surface area contributed by atoms with Crippen molar-refractivity contribution in [1.82, 2.24) is 23.4 Å². The van der Waals surface area contributed by atoms with Gasteiger partial charge in [-0.2, -0.15) is 4.31 Å². The number of rotatable bonds is 11. The Labute approximate surface area is 222 Å². The minimum absolute atomic E-state index is 0.205. The molecule has 204 valence electrons. The van der Waals surface area contributed by atoms with E-state index in [1.54, 1.807) is 36.4 Å². The van der Waals surface area contributed by atoms with Crippen LogP contribution in [-0.4, -0.2) is 44.9 Å². The standard InChI is InChI=1S/C27H35N5O5S/c1-6-9-16-31-25-23(26(33)29-27(31)34)32(17-18(4)5)24(28-25)22-15-14-21(37-22)19-10-12-20(13-11-19)38(35,36)30(7-2)8-3/h10-15,18H,6-9,16-17H2,1-5H3,(H,29,33,34). The highest BCUT2D eigenvalue weighted by Gasteiger charge is 2.24. The average Bonchev–Trinajstić information content (AvgIpc) is 3.50. The first-order chi connectivity index (χ1) is 18.1. The Morgan fingerprint density at radius 3 is 2.24 bits per heavy atom. The third kappa shape index (κ3) is 5.12.